The third kappa shape index (κ3) is 3.59. The van der Waals surface area contributed by atoms with Gasteiger partial charge in [0.1, 0.15) is 6.54 Å². The molecule has 0 aromatic heterocycles. The third-order valence-corrected chi connectivity index (χ3v) is 6.26. The SMILES string of the molecule is CN1C(=O)C2C(N=C(N3CCC(Cc4ccccc4)CC3)N2CC(=O)O)N(C)C1=O. The third-order valence-electron chi connectivity index (χ3n) is 6.26. The van der Waals surface area contributed by atoms with E-state index in [9.17, 15) is 19.5 Å². The van der Waals surface area contributed by atoms with Crippen LogP contribution in [0.15, 0.2) is 35.3 Å². The fraction of sp³-hybridized carbons (Fsp3) is 0.524. The Bertz CT molecular complexity index is 865. The lowest BCUT2D eigenvalue weighted by Gasteiger charge is -2.41. The number of hydrogen-bond acceptors (Lipinski definition) is 6. The lowest BCUT2D eigenvalue weighted by molar-refractivity contribution is -0.141. The van der Waals surface area contributed by atoms with E-state index in [0.29, 0.717) is 11.9 Å². The first-order valence-corrected chi connectivity index (χ1v) is 10.3. The van der Waals surface area contributed by atoms with Crippen LogP contribution < -0.4 is 0 Å². The van der Waals surface area contributed by atoms with Gasteiger partial charge < -0.3 is 19.8 Å². The minimum Gasteiger partial charge on any atom is -0.480 e. The summed E-state index contributed by atoms with van der Waals surface area (Å²) in [5, 5.41) is 9.44. The van der Waals surface area contributed by atoms with Crippen molar-refractivity contribution in [1.82, 2.24) is 19.6 Å². The molecular formula is C21H27N5O4. The highest BCUT2D eigenvalue weighted by molar-refractivity contribution is 6.04. The number of aliphatic carboxylic acids is 1. The van der Waals surface area contributed by atoms with Gasteiger partial charge in [-0.05, 0) is 30.7 Å². The molecule has 9 heteroatoms. The van der Waals surface area contributed by atoms with Crippen LogP contribution in [0.5, 0.6) is 0 Å². The van der Waals surface area contributed by atoms with Gasteiger partial charge in [0.25, 0.3) is 5.91 Å². The summed E-state index contributed by atoms with van der Waals surface area (Å²) >= 11 is 0. The quantitative estimate of drug-likeness (QED) is 0.788. The predicted octanol–water partition coefficient (Wildman–Crippen LogP) is 0.916. The molecule has 1 N–H and O–H groups in total. The molecule has 0 saturated carbocycles. The zero-order valence-corrected chi connectivity index (χ0v) is 17.3. The zero-order chi connectivity index (χ0) is 21.4. The van der Waals surface area contributed by atoms with Gasteiger partial charge >= 0.3 is 12.0 Å². The monoisotopic (exact) mass is 413 g/mol. The normalized spacial score (nSPS) is 24.9. The molecule has 0 bridgehead atoms. The number of rotatable bonds is 4. The van der Waals surface area contributed by atoms with Crippen molar-refractivity contribution in [2.45, 2.75) is 31.5 Å². The summed E-state index contributed by atoms with van der Waals surface area (Å²) in [6, 6.07) is 9.17. The Morgan fingerprint density at radius 1 is 1.13 bits per heavy atom. The largest absolute Gasteiger partial charge is 0.480 e. The van der Waals surface area contributed by atoms with E-state index >= 15 is 0 Å². The molecule has 3 heterocycles. The summed E-state index contributed by atoms with van der Waals surface area (Å²) in [6.07, 6.45) is 2.25. The molecule has 3 aliphatic heterocycles. The number of fused-ring (bicyclic) bond motifs is 1. The number of guanidine groups is 1. The molecule has 3 aliphatic rings. The predicted molar refractivity (Wildman–Crippen MR) is 110 cm³/mol. The molecule has 1 aromatic carbocycles. The van der Waals surface area contributed by atoms with Gasteiger partial charge in [0.15, 0.2) is 18.2 Å². The van der Waals surface area contributed by atoms with Crippen LogP contribution in [0, 0.1) is 5.92 Å². The molecule has 1 aromatic rings. The topological polar surface area (TPSA) is 96.8 Å². The smallest absolute Gasteiger partial charge is 0.328 e. The Morgan fingerprint density at radius 2 is 1.80 bits per heavy atom. The average Bonchev–Trinajstić information content (AvgIpc) is 3.10. The summed E-state index contributed by atoms with van der Waals surface area (Å²) in [4.78, 5) is 47.4. The summed E-state index contributed by atoms with van der Waals surface area (Å²) in [5.74, 6) is -0.383. The highest BCUT2D eigenvalue weighted by Crippen LogP contribution is 2.30. The Kier molecular flexibility index (Phi) is 5.36. The lowest BCUT2D eigenvalue weighted by Crippen LogP contribution is -2.65. The zero-order valence-electron chi connectivity index (χ0n) is 17.3. The Morgan fingerprint density at radius 3 is 2.43 bits per heavy atom. The van der Waals surface area contributed by atoms with Gasteiger partial charge in [-0.1, -0.05) is 30.3 Å². The highest BCUT2D eigenvalue weighted by Gasteiger charge is 2.52. The summed E-state index contributed by atoms with van der Waals surface area (Å²) in [6.45, 7) is 1.16. The van der Waals surface area contributed by atoms with Crippen LogP contribution in [0.25, 0.3) is 0 Å². The molecule has 2 unspecified atom stereocenters. The number of carboxylic acids is 1. The summed E-state index contributed by atoms with van der Waals surface area (Å²) in [7, 11) is 3.02. The molecule has 0 spiro atoms. The van der Waals surface area contributed by atoms with Crippen LogP contribution in [-0.2, 0) is 16.0 Å². The number of benzene rings is 1. The standard InChI is InChI=1S/C21H27N5O4/c1-23-18-17(19(29)24(2)21(23)30)26(13-16(27)28)20(22-18)25-10-8-15(9-11-25)12-14-6-4-3-5-7-14/h3-7,15,17-18H,8-13H2,1-2H3,(H,27,28). The fourth-order valence-corrected chi connectivity index (χ4v) is 4.61. The highest BCUT2D eigenvalue weighted by atomic mass is 16.4. The van der Waals surface area contributed by atoms with E-state index in [1.54, 1.807) is 11.9 Å². The van der Waals surface area contributed by atoms with Gasteiger partial charge in [-0.2, -0.15) is 0 Å². The van der Waals surface area contributed by atoms with E-state index in [2.05, 4.69) is 34.2 Å². The Hall–Kier alpha value is -3.10. The number of aliphatic imine (C=N–C) groups is 1. The first-order valence-electron chi connectivity index (χ1n) is 10.3. The van der Waals surface area contributed by atoms with Crippen molar-refractivity contribution in [3.63, 3.8) is 0 Å². The fourth-order valence-electron chi connectivity index (χ4n) is 4.61. The second-order valence-corrected chi connectivity index (χ2v) is 8.22. The Labute approximate surface area is 175 Å². The van der Waals surface area contributed by atoms with E-state index in [1.807, 2.05) is 6.07 Å². The van der Waals surface area contributed by atoms with Crippen molar-refractivity contribution >= 4 is 23.9 Å². The molecule has 2 fully saturated rings. The van der Waals surface area contributed by atoms with E-state index in [4.69, 9.17) is 0 Å². The van der Waals surface area contributed by atoms with Crippen molar-refractivity contribution in [3.05, 3.63) is 35.9 Å². The number of likely N-dealkylation sites (tertiary alicyclic amines) is 1. The van der Waals surface area contributed by atoms with Crippen molar-refractivity contribution in [2.75, 3.05) is 33.7 Å². The second-order valence-electron chi connectivity index (χ2n) is 8.22. The molecular weight excluding hydrogens is 386 g/mol. The number of nitrogens with zero attached hydrogens (tertiary/aromatic N) is 5. The van der Waals surface area contributed by atoms with E-state index < -0.39 is 30.1 Å². The molecule has 3 amide bonds. The van der Waals surface area contributed by atoms with Crippen LogP contribution in [0.1, 0.15) is 18.4 Å². The first kappa shape index (κ1) is 20.2. The summed E-state index contributed by atoms with van der Waals surface area (Å²) < 4.78 is 0. The Balaban J connectivity index is 1.50. The van der Waals surface area contributed by atoms with Gasteiger partial charge in [0.05, 0.1) is 0 Å². The number of urea groups is 1. The van der Waals surface area contributed by atoms with Crippen LogP contribution in [0.2, 0.25) is 0 Å². The van der Waals surface area contributed by atoms with Crippen LogP contribution in [-0.4, -0.2) is 94.5 Å². The second kappa shape index (κ2) is 7.97. The number of amides is 3. The lowest BCUT2D eigenvalue weighted by atomic mass is 9.90. The number of carbonyl (C=O) groups is 3. The van der Waals surface area contributed by atoms with Crippen LogP contribution >= 0.6 is 0 Å². The van der Waals surface area contributed by atoms with Gasteiger partial charge in [0.2, 0.25) is 0 Å². The molecule has 160 valence electrons. The number of carboxylic acid groups (broad SMARTS) is 1. The minimum atomic E-state index is -1.03. The number of carbonyl (C=O) groups excluding carboxylic acids is 2. The van der Waals surface area contributed by atoms with E-state index in [0.717, 1.165) is 37.3 Å². The van der Waals surface area contributed by atoms with Gasteiger partial charge in [-0.15, -0.1) is 0 Å². The maximum atomic E-state index is 12.8. The molecule has 9 nitrogen and oxygen atoms in total. The van der Waals surface area contributed by atoms with Gasteiger partial charge in [-0.25, -0.2) is 9.79 Å². The molecule has 0 radical (unpaired) electrons. The van der Waals surface area contributed by atoms with Gasteiger partial charge in [-0.3, -0.25) is 14.5 Å². The van der Waals surface area contributed by atoms with Crippen molar-refractivity contribution < 1.29 is 19.5 Å². The number of piperidine rings is 1. The van der Waals surface area contributed by atoms with E-state index in [-0.39, 0.29) is 6.54 Å². The number of imide groups is 1. The molecule has 30 heavy (non-hydrogen) atoms. The first-order chi connectivity index (χ1) is 14.4. The van der Waals surface area contributed by atoms with Crippen molar-refractivity contribution in [2.24, 2.45) is 10.9 Å². The minimum absolute atomic E-state index is 0.328. The van der Waals surface area contributed by atoms with Crippen LogP contribution in [0.3, 0.4) is 0 Å². The molecule has 2 atom stereocenters. The molecule has 0 aliphatic carbocycles. The van der Waals surface area contributed by atoms with Crippen molar-refractivity contribution in [3.8, 4) is 0 Å². The summed E-state index contributed by atoms with van der Waals surface area (Å²) in [5.41, 5.74) is 1.32. The average molecular weight is 413 g/mol. The maximum Gasteiger partial charge on any atom is 0.328 e. The molecule has 4 rings (SSSR count). The van der Waals surface area contributed by atoms with Crippen LogP contribution in [0.4, 0.5) is 4.79 Å². The van der Waals surface area contributed by atoms with Crippen molar-refractivity contribution in [1.29, 1.82) is 0 Å². The maximum absolute atomic E-state index is 12.8. The molecule has 2 saturated heterocycles. The number of hydrogen-bond donors (Lipinski definition) is 1. The van der Waals surface area contributed by atoms with E-state index in [1.165, 1.54) is 17.5 Å². The number of likely N-dealkylation sites (N-methyl/N-ethyl adjacent to an activating group) is 2. The van der Waals surface area contributed by atoms with Gasteiger partial charge in [0, 0.05) is 27.2 Å².